The lowest BCUT2D eigenvalue weighted by Gasteiger charge is -2.19. The quantitative estimate of drug-likeness (QED) is 0.173. The molecule has 0 bridgehead atoms. The van der Waals surface area contributed by atoms with E-state index >= 15 is 0 Å². The Morgan fingerprint density at radius 2 is 0.935 bits per heavy atom. The SMILES string of the molecule is c1ccc(-c2sc3c(ccc4sc5ccccc5c43)c2-c2c3ccccc3c(-c3ccc4ccccc4c3)c3ccccc23)cc1. The Kier molecular flexibility index (Phi) is 5.72. The van der Waals surface area contributed by atoms with Crippen molar-refractivity contribution >= 4 is 85.2 Å². The summed E-state index contributed by atoms with van der Waals surface area (Å²) >= 11 is 3.84. The fourth-order valence-electron chi connectivity index (χ4n) is 7.46. The maximum Gasteiger partial charge on any atom is 0.0449 e. The molecule has 0 unspecified atom stereocenters. The van der Waals surface area contributed by atoms with Gasteiger partial charge in [-0.25, -0.2) is 0 Å². The van der Waals surface area contributed by atoms with E-state index in [9.17, 15) is 0 Å². The molecule has 2 heterocycles. The maximum absolute atomic E-state index is 2.38. The summed E-state index contributed by atoms with van der Waals surface area (Å²) in [7, 11) is 0. The summed E-state index contributed by atoms with van der Waals surface area (Å²) < 4.78 is 4.06. The summed E-state index contributed by atoms with van der Waals surface area (Å²) in [6, 6.07) is 58.2. The molecule has 8 aromatic carbocycles. The van der Waals surface area contributed by atoms with Crippen LogP contribution in [0.3, 0.4) is 0 Å². The van der Waals surface area contributed by atoms with Gasteiger partial charge in [-0.1, -0.05) is 140 Å². The van der Waals surface area contributed by atoms with Crippen LogP contribution in [0.15, 0.2) is 158 Å². The number of fused-ring (bicyclic) bond motifs is 8. The van der Waals surface area contributed by atoms with E-state index in [-0.39, 0.29) is 0 Å². The first kappa shape index (κ1) is 26.0. The van der Waals surface area contributed by atoms with Crippen LogP contribution in [-0.4, -0.2) is 0 Å². The average Bonchev–Trinajstić information content (AvgIpc) is 3.69. The number of rotatable bonds is 3. The van der Waals surface area contributed by atoms with Crippen molar-refractivity contribution in [3.05, 3.63) is 158 Å². The molecule has 2 heteroatoms. The van der Waals surface area contributed by atoms with Gasteiger partial charge in [0.2, 0.25) is 0 Å². The molecule has 10 rings (SSSR count). The van der Waals surface area contributed by atoms with E-state index in [1.807, 2.05) is 22.7 Å². The summed E-state index contributed by atoms with van der Waals surface area (Å²) in [6.07, 6.45) is 0. The summed E-state index contributed by atoms with van der Waals surface area (Å²) in [5.74, 6) is 0. The monoisotopic (exact) mass is 618 g/mol. The average molecular weight is 619 g/mol. The third-order valence-corrected chi connectivity index (χ3v) is 11.9. The Hall–Kier alpha value is -5.28. The molecular weight excluding hydrogens is 593 g/mol. The van der Waals surface area contributed by atoms with E-state index in [0.717, 1.165) is 0 Å². The zero-order valence-corrected chi connectivity index (χ0v) is 26.5. The number of benzene rings is 8. The van der Waals surface area contributed by atoms with Crippen LogP contribution in [0.4, 0.5) is 0 Å². The molecule has 0 aliphatic carbocycles. The minimum atomic E-state index is 1.25. The lowest BCUT2D eigenvalue weighted by atomic mass is 9.84. The molecule has 0 saturated heterocycles. The Bertz CT molecular complexity index is 2740. The van der Waals surface area contributed by atoms with Crippen LogP contribution in [0.1, 0.15) is 0 Å². The van der Waals surface area contributed by atoms with Gasteiger partial charge in [-0.3, -0.25) is 0 Å². The minimum Gasteiger partial charge on any atom is -0.135 e. The van der Waals surface area contributed by atoms with Gasteiger partial charge in [0.1, 0.15) is 0 Å². The third kappa shape index (κ3) is 3.78. The molecule has 0 aliphatic rings. The molecule has 0 aliphatic heterocycles. The molecule has 0 fully saturated rings. The van der Waals surface area contributed by atoms with Crippen LogP contribution in [0.5, 0.6) is 0 Å². The van der Waals surface area contributed by atoms with Crippen molar-refractivity contribution in [2.24, 2.45) is 0 Å². The van der Waals surface area contributed by atoms with Gasteiger partial charge in [-0.2, -0.15) is 0 Å². The van der Waals surface area contributed by atoms with Crippen molar-refractivity contribution < 1.29 is 0 Å². The maximum atomic E-state index is 2.38. The van der Waals surface area contributed by atoms with E-state index in [2.05, 4.69) is 158 Å². The zero-order chi connectivity index (χ0) is 30.2. The Balaban J connectivity index is 1.38. The van der Waals surface area contributed by atoms with E-state index < -0.39 is 0 Å². The molecule has 0 radical (unpaired) electrons. The van der Waals surface area contributed by atoms with Gasteiger partial charge in [0, 0.05) is 40.7 Å². The highest BCUT2D eigenvalue weighted by molar-refractivity contribution is 7.28. The Morgan fingerprint density at radius 1 is 0.326 bits per heavy atom. The van der Waals surface area contributed by atoms with Gasteiger partial charge in [-0.15, -0.1) is 22.7 Å². The molecule has 0 amide bonds. The van der Waals surface area contributed by atoms with E-state index in [1.165, 1.54) is 95.3 Å². The third-order valence-electron chi connectivity index (χ3n) is 9.45. The standard InChI is InChI=1S/C44H26S2/c1-2-13-28(14-3-1)43-42(36-24-25-38-41(44(36)46-43)35-20-10-11-21-37(35)45-38)40-33-18-8-6-16-31(33)39(32-17-7-9-19-34(32)40)30-23-22-27-12-4-5-15-29(27)26-30/h1-26H. The van der Waals surface area contributed by atoms with Crippen molar-refractivity contribution in [2.75, 3.05) is 0 Å². The van der Waals surface area contributed by atoms with Gasteiger partial charge in [0.05, 0.1) is 0 Å². The predicted molar refractivity (Wildman–Crippen MR) is 204 cm³/mol. The van der Waals surface area contributed by atoms with Gasteiger partial charge >= 0.3 is 0 Å². The fraction of sp³-hybridized carbons (Fsp3) is 0. The predicted octanol–water partition coefficient (Wildman–Crippen LogP) is 13.7. The van der Waals surface area contributed by atoms with Crippen molar-refractivity contribution in [1.82, 2.24) is 0 Å². The van der Waals surface area contributed by atoms with Crippen LogP contribution in [0, 0.1) is 0 Å². The van der Waals surface area contributed by atoms with Crippen molar-refractivity contribution in [1.29, 1.82) is 0 Å². The summed E-state index contributed by atoms with van der Waals surface area (Å²) in [5, 5.41) is 11.7. The molecule has 10 aromatic rings. The largest absolute Gasteiger partial charge is 0.135 e. The number of hydrogen-bond acceptors (Lipinski definition) is 2. The minimum absolute atomic E-state index is 1.25. The molecule has 2 aromatic heterocycles. The Labute approximate surface area is 274 Å². The smallest absolute Gasteiger partial charge is 0.0449 e. The topological polar surface area (TPSA) is 0 Å². The summed E-state index contributed by atoms with van der Waals surface area (Å²) in [5.41, 5.74) is 6.47. The molecule has 0 nitrogen and oxygen atoms in total. The highest BCUT2D eigenvalue weighted by atomic mass is 32.1. The summed E-state index contributed by atoms with van der Waals surface area (Å²) in [6.45, 7) is 0. The lowest BCUT2D eigenvalue weighted by molar-refractivity contribution is 1.68. The highest BCUT2D eigenvalue weighted by Crippen LogP contribution is 2.53. The van der Waals surface area contributed by atoms with Crippen LogP contribution in [0.25, 0.3) is 95.3 Å². The van der Waals surface area contributed by atoms with E-state index in [1.54, 1.807) is 0 Å². The van der Waals surface area contributed by atoms with Crippen LogP contribution in [-0.2, 0) is 0 Å². The number of thiophene rings is 2. The van der Waals surface area contributed by atoms with Crippen LogP contribution < -0.4 is 0 Å². The Morgan fingerprint density at radius 3 is 1.67 bits per heavy atom. The second-order valence-corrected chi connectivity index (χ2v) is 14.1. The molecule has 0 atom stereocenters. The zero-order valence-electron chi connectivity index (χ0n) is 24.8. The highest BCUT2D eigenvalue weighted by Gasteiger charge is 2.24. The van der Waals surface area contributed by atoms with Gasteiger partial charge in [0.25, 0.3) is 0 Å². The van der Waals surface area contributed by atoms with E-state index in [0.29, 0.717) is 0 Å². The first-order valence-corrected chi connectivity index (χ1v) is 17.3. The summed E-state index contributed by atoms with van der Waals surface area (Å²) in [4.78, 5) is 1.33. The lowest BCUT2D eigenvalue weighted by Crippen LogP contribution is -1.91. The number of hydrogen-bond donors (Lipinski definition) is 0. The molecule has 0 saturated carbocycles. The van der Waals surface area contributed by atoms with E-state index in [4.69, 9.17) is 0 Å². The molecule has 0 spiro atoms. The van der Waals surface area contributed by atoms with Crippen molar-refractivity contribution in [3.63, 3.8) is 0 Å². The molecular formula is C44H26S2. The fourth-order valence-corrected chi connectivity index (χ4v) is 10.0. The molecule has 214 valence electrons. The van der Waals surface area contributed by atoms with Gasteiger partial charge < -0.3 is 0 Å². The van der Waals surface area contributed by atoms with Crippen molar-refractivity contribution in [3.8, 4) is 32.7 Å². The van der Waals surface area contributed by atoms with Crippen LogP contribution in [0.2, 0.25) is 0 Å². The molecule has 46 heavy (non-hydrogen) atoms. The second kappa shape index (κ2) is 10.1. The van der Waals surface area contributed by atoms with Gasteiger partial charge in [-0.05, 0) is 72.8 Å². The van der Waals surface area contributed by atoms with Crippen LogP contribution >= 0.6 is 22.7 Å². The normalized spacial score (nSPS) is 11.9. The first-order chi connectivity index (χ1) is 22.8. The first-order valence-electron chi connectivity index (χ1n) is 15.7. The second-order valence-electron chi connectivity index (χ2n) is 12.0. The van der Waals surface area contributed by atoms with Crippen molar-refractivity contribution in [2.45, 2.75) is 0 Å². The van der Waals surface area contributed by atoms with Gasteiger partial charge in [0.15, 0.2) is 0 Å². The molecule has 0 N–H and O–H groups in total.